The molecule has 0 fully saturated rings. The Hall–Kier alpha value is -1.04. The molecule has 0 saturated heterocycles. The summed E-state index contributed by atoms with van der Waals surface area (Å²) in [6, 6.07) is 2.55. The molecule has 1 aromatic carbocycles. The number of benzene rings is 1. The van der Waals surface area contributed by atoms with Gasteiger partial charge in [0.05, 0.1) is 10.6 Å². The standard InChI is InChI=1S/C8H4ClF5O/c9-6-4(8(12,13)14)2-1-3-5(6)15-7(10)11/h1-3,7H. The number of hydrogen-bond acceptors (Lipinski definition) is 1. The van der Waals surface area contributed by atoms with Crippen LogP contribution < -0.4 is 4.74 Å². The summed E-state index contributed by atoms with van der Waals surface area (Å²) in [5.74, 6) is -0.693. The minimum Gasteiger partial charge on any atom is -0.433 e. The van der Waals surface area contributed by atoms with Crippen molar-refractivity contribution in [3.05, 3.63) is 28.8 Å². The molecular weight excluding hydrogens is 243 g/mol. The third kappa shape index (κ3) is 2.95. The van der Waals surface area contributed by atoms with E-state index in [1.165, 1.54) is 0 Å². The largest absolute Gasteiger partial charge is 0.433 e. The molecule has 1 rings (SSSR count). The first kappa shape index (κ1) is 12.0. The van der Waals surface area contributed by atoms with Crippen LogP contribution in [0.4, 0.5) is 22.0 Å². The molecule has 0 radical (unpaired) electrons. The summed E-state index contributed by atoms with van der Waals surface area (Å²) in [5, 5.41) is -0.870. The molecule has 84 valence electrons. The monoisotopic (exact) mass is 246 g/mol. The molecule has 1 nitrogen and oxygen atoms in total. The van der Waals surface area contributed by atoms with Crippen LogP contribution in [0.15, 0.2) is 18.2 Å². The van der Waals surface area contributed by atoms with E-state index in [4.69, 9.17) is 11.6 Å². The van der Waals surface area contributed by atoms with Crippen LogP contribution in [-0.2, 0) is 6.18 Å². The van der Waals surface area contributed by atoms with Gasteiger partial charge in [0.15, 0.2) is 0 Å². The lowest BCUT2D eigenvalue weighted by atomic mass is 10.2. The third-order valence-corrected chi connectivity index (χ3v) is 1.87. The first-order valence-electron chi connectivity index (χ1n) is 3.63. The van der Waals surface area contributed by atoms with Crippen LogP contribution in [0, 0.1) is 0 Å². The molecule has 0 unspecified atom stereocenters. The fourth-order valence-corrected chi connectivity index (χ4v) is 1.19. The Morgan fingerprint density at radius 3 is 2.27 bits per heavy atom. The fraction of sp³-hybridized carbons (Fsp3) is 0.250. The van der Waals surface area contributed by atoms with Crippen LogP contribution in [0.2, 0.25) is 5.02 Å². The molecule has 0 atom stereocenters. The summed E-state index contributed by atoms with van der Waals surface area (Å²) in [4.78, 5) is 0. The topological polar surface area (TPSA) is 9.23 Å². The van der Waals surface area contributed by atoms with Gasteiger partial charge in [0.2, 0.25) is 0 Å². The number of ether oxygens (including phenoxy) is 1. The van der Waals surface area contributed by atoms with Crippen LogP contribution >= 0.6 is 11.6 Å². The van der Waals surface area contributed by atoms with Crippen molar-refractivity contribution < 1.29 is 26.7 Å². The van der Waals surface area contributed by atoms with Gasteiger partial charge in [-0.2, -0.15) is 22.0 Å². The third-order valence-electron chi connectivity index (χ3n) is 1.48. The molecule has 1 aromatic rings. The lowest BCUT2D eigenvalue weighted by Crippen LogP contribution is -2.08. The van der Waals surface area contributed by atoms with Crippen LogP contribution in [-0.4, -0.2) is 6.61 Å². The fourth-order valence-electron chi connectivity index (χ4n) is 0.917. The van der Waals surface area contributed by atoms with E-state index in [0.717, 1.165) is 12.1 Å². The van der Waals surface area contributed by atoms with Crippen molar-refractivity contribution in [3.63, 3.8) is 0 Å². The second-order valence-corrected chi connectivity index (χ2v) is 2.87. The Morgan fingerprint density at radius 1 is 1.20 bits per heavy atom. The molecule has 0 spiro atoms. The maximum Gasteiger partial charge on any atom is 0.417 e. The second kappa shape index (κ2) is 4.22. The van der Waals surface area contributed by atoms with Crippen molar-refractivity contribution >= 4 is 11.6 Å². The number of alkyl halides is 5. The summed E-state index contributed by atoms with van der Waals surface area (Å²) >= 11 is 5.26. The smallest absolute Gasteiger partial charge is 0.417 e. The van der Waals surface area contributed by atoms with Gasteiger partial charge >= 0.3 is 12.8 Å². The van der Waals surface area contributed by atoms with Gasteiger partial charge in [0, 0.05) is 0 Å². The molecule has 7 heteroatoms. The quantitative estimate of drug-likeness (QED) is 0.718. The van der Waals surface area contributed by atoms with Crippen LogP contribution in [0.3, 0.4) is 0 Å². The highest BCUT2D eigenvalue weighted by Gasteiger charge is 2.34. The van der Waals surface area contributed by atoms with E-state index in [0.29, 0.717) is 6.07 Å². The van der Waals surface area contributed by atoms with Gasteiger partial charge in [-0.3, -0.25) is 0 Å². The van der Waals surface area contributed by atoms with Crippen molar-refractivity contribution in [2.75, 3.05) is 0 Å². The number of halogens is 6. The molecule has 0 aromatic heterocycles. The van der Waals surface area contributed by atoms with Crippen LogP contribution in [0.5, 0.6) is 5.75 Å². The predicted octanol–water partition coefficient (Wildman–Crippen LogP) is 3.96. The van der Waals surface area contributed by atoms with E-state index in [9.17, 15) is 22.0 Å². The minimum absolute atomic E-state index is 0.681. The summed E-state index contributed by atoms with van der Waals surface area (Å²) in [7, 11) is 0. The first-order valence-corrected chi connectivity index (χ1v) is 4.00. The number of hydrogen-bond donors (Lipinski definition) is 0. The maximum absolute atomic E-state index is 12.2. The molecule has 0 heterocycles. The van der Waals surface area contributed by atoms with Gasteiger partial charge in [-0.1, -0.05) is 17.7 Å². The van der Waals surface area contributed by atoms with Crippen molar-refractivity contribution in [1.29, 1.82) is 0 Å². The molecule has 15 heavy (non-hydrogen) atoms. The highest BCUT2D eigenvalue weighted by Crippen LogP contribution is 2.39. The zero-order valence-corrected chi connectivity index (χ0v) is 7.74. The van der Waals surface area contributed by atoms with Crippen molar-refractivity contribution in [2.45, 2.75) is 12.8 Å². The molecule has 0 N–H and O–H groups in total. The minimum atomic E-state index is -4.70. The van der Waals surface area contributed by atoms with E-state index in [1.54, 1.807) is 0 Å². The number of rotatable bonds is 2. The lowest BCUT2D eigenvalue weighted by Gasteiger charge is -2.12. The predicted molar refractivity (Wildman–Crippen MR) is 43.1 cm³/mol. The summed E-state index contributed by atoms with van der Waals surface area (Å²) in [6.45, 7) is -3.22. The normalized spacial score (nSPS) is 11.9. The van der Waals surface area contributed by atoms with Gasteiger partial charge in [-0.05, 0) is 12.1 Å². The molecule has 0 bridgehead atoms. The maximum atomic E-state index is 12.2. The highest BCUT2D eigenvalue weighted by atomic mass is 35.5. The highest BCUT2D eigenvalue weighted by molar-refractivity contribution is 6.32. The van der Waals surface area contributed by atoms with E-state index < -0.39 is 29.1 Å². The Bertz CT molecular complexity index is 349. The Kier molecular flexibility index (Phi) is 3.38. The summed E-state index contributed by atoms with van der Waals surface area (Å²) in [5.41, 5.74) is -1.21. The van der Waals surface area contributed by atoms with Gasteiger partial charge < -0.3 is 4.74 Å². The Morgan fingerprint density at radius 2 is 1.80 bits per heavy atom. The van der Waals surface area contributed by atoms with E-state index in [-0.39, 0.29) is 0 Å². The SMILES string of the molecule is FC(F)Oc1cccc(C(F)(F)F)c1Cl. The zero-order chi connectivity index (χ0) is 11.6. The van der Waals surface area contributed by atoms with Gasteiger partial charge in [-0.25, -0.2) is 0 Å². The second-order valence-electron chi connectivity index (χ2n) is 2.49. The van der Waals surface area contributed by atoms with Crippen molar-refractivity contribution in [1.82, 2.24) is 0 Å². The van der Waals surface area contributed by atoms with E-state index >= 15 is 0 Å². The van der Waals surface area contributed by atoms with Crippen LogP contribution in [0.25, 0.3) is 0 Å². The first-order chi connectivity index (χ1) is 6.82. The lowest BCUT2D eigenvalue weighted by molar-refractivity contribution is -0.137. The molecule has 0 saturated carbocycles. The average molecular weight is 247 g/mol. The van der Waals surface area contributed by atoms with Crippen LogP contribution in [0.1, 0.15) is 5.56 Å². The zero-order valence-electron chi connectivity index (χ0n) is 6.99. The summed E-state index contributed by atoms with van der Waals surface area (Å²) in [6.07, 6.45) is -4.70. The van der Waals surface area contributed by atoms with Crippen molar-refractivity contribution in [3.8, 4) is 5.75 Å². The average Bonchev–Trinajstić information content (AvgIpc) is 2.05. The molecular formula is C8H4ClF5O. The Balaban J connectivity index is 3.12. The van der Waals surface area contributed by atoms with Gasteiger partial charge in [-0.15, -0.1) is 0 Å². The summed E-state index contributed by atoms with van der Waals surface area (Å²) < 4.78 is 64.1. The van der Waals surface area contributed by atoms with Gasteiger partial charge in [0.1, 0.15) is 5.75 Å². The molecule has 0 aliphatic rings. The molecule has 0 aliphatic carbocycles. The van der Waals surface area contributed by atoms with E-state index in [2.05, 4.69) is 4.74 Å². The Labute approximate surface area is 86.4 Å². The van der Waals surface area contributed by atoms with E-state index in [1.807, 2.05) is 0 Å². The van der Waals surface area contributed by atoms with Gasteiger partial charge in [0.25, 0.3) is 0 Å². The van der Waals surface area contributed by atoms with Crippen molar-refractivity contribution in [2.24, 2.45) is 0 Å². The molecule has 0 aliphatic heterocycles. The molecule has 0 amide bonds.